The van der Waals surface area contributed by atoms with Crippen LogP contribution in [-0.4, -0.2) is 12.2 Å². The minimum absolute atomic E-state index is 0.523. The van der Waals surface area contributed by atoms with Gasteiger partial charge in [0.15, 0.2) is 0 Å². The highest BCUT2D eigenvalue weighted by Gasteiger charge is 2.16. The molecular formula is C6H12O. The Kier molecular flexibility index (Phi) is 1.33. The molecule has 7 heavy (non-hydrogen) atoms. The molecule has 0 spiro atoms. The molecule has 0 unspecified atom stereocenters. The van der Waals surface area contributed by atoms with Crippen molar-refractivity contribution in [3.05, 3.63) is 0 Å². The van der Waals surface area contributed by atoms with Crippen LogP contribution < -0.4 is 0 Å². The second kappa shape index (κ2) is 1.83. The summed E-state index contributed by atoms with van der Waals surface area (Å²) in [5.74, 6) is 0. The summed E-state index contributed by atoms with van der Waals surface area (Å²) in [7, 11) is 0. The van der Waals surface area contributed by atoms with Gasteiger partial charge in [-0.25, -0.2) is 0 Å². The lowest BCUT2D eigenvalue weighted by Crippen LogP contribution is -2.01. The van der Waals surface area contributed by atoms with Gasteiger partial charge in [0.2, 0.25) is 0 Å². The number of rotatable bonds is 0. The minimum Gasteiger partial charge on any atom is -0.376 e. The fraction of sp³-hybridized carbons (Fsp3) is 1.00. The first-order chi connectivity index (χ1) is 3.29. The third-order valence-corrected chi connectivity index (χ3v) is 1.44. The van der Waals surface area contributed by atoms with E-state index in [1.807, 2.05) is 0 Å². The molecule has 1 saturated heterocycles. The second-order valence-corrected chi connectivity index (χ2v) is 2.33. The smallest absolute Gasteiger partial charge is 0.0551 e. The molecule has 1 fully saturated rings. The van der Waals surface area contributed by atoms with Gasteiger partial charge >= 0.3 is 0 Å². The van der Waals surface area contributed by atoms with E-state index in [9.17, 15) is 0 Å². The van der Waals surface area contributed by atoms with Gasteiger partial charge in [-0.3, -0.25) is 0 Å². The molecule has 2 atom stereocenters. The van der Waals surface area contributed by atoms with Crippen molar-refractivity contribution < 1.29 is 4.74 Å². The maximum Gasteiger partial charge on any atom is 0.0551 e. The highest BCUT2D eigenvalue weighted by atomic mass is 16.5. The Morgan fingerprint density at radius 3 is 1.71 bits per heavy atom. The largest absolute Gasteiger partial charge is 0.376 e. The lowest BCUT2D eigenvalue weighted by atomic mass is 10.2. The van der Waals surface area contributed by atoms with Gasteiger partial charge in [0.05, 0.1) is 12.2 Å². The standard InChI is InChI=1S/C6H12O/c1-5-3-4-6(2)7-5/h5-6H,3-4H2,1-2H3/t5-,6-/m0/s1. The first-order valence-corrected chi connectivity index (χ1v) is 2.94. The van der Waals surface area contributed by atoms with Crippen molar-refractivity contribution in [1.29, 1.82) is 0 Å². The molecule has 0 N–H and O–H groups in total. The van der Waals surface area contributed by atoms with Gasteiger partial charge in [0.1, 0.15) is 0 Å². The quantitative estimate of drug-likeness (QED) is 0.449. The summed E-state index contributed by atoms with van der Waals surface area (Å²) in [5, 5.41) is 0. The summed E-state index contributed by atoms with van der Waals surface area (Å²) in [6.45, 7) is 4.26. The SMILES string of the molecule is C[C@H]1CC[C@H](C)O1. The van der Waals surface area contributed by atoms with Gasteiger partial charge in [-0.1, -0.05) is 0 Å². The van der Waals surface area contributed by atoms with E-state index in [0.717, 1.165) is 0 Å². The van der Waals surface area contributed by atoms with Crippen LogP contribution in [0.3, 0.4) is 0 Å². The molecule has 0 aromatic rings. The van der Waals surface area contributed by atoms with Crippen LogP contribution in [0.1, 0.15) is 26.7 Å². The van der Waals surface area contributed by atoms with Crippen LogP contribution in [0.25, 0.3) is 0 Å². The maximum absolute atomic E-state index is 5.36. The Hall–Kier alpha value is -0.0400. The molecule has 0 aromatic carbocycles. The molecule has 0 amide bonds. The van der Waals surface area contributed by atoms with Crippen molar-refractivity contribution in [2.75, 3.05) is 0 Å². The Morgan fingerprint density at radius 2 is 1.57 bits per heavy atom. The Morgan fingerprint density at radius 1 is 1.14 bits per heavy atom. The predicted molar refractivity (Wildman–Crippen MR) is 29.2 cm³/mol. The molecule has 0 radical (unpaired) electrons. The molecule has 1 aliphatic rings. The van der Waals surface area contributed by atoms with Gasteiger partial charge in [0, 0.05) is 0 Å². The van der Waals surface area contributed by atoms with Crippen molar-refractivity contribution >= 4 is 0 Å². The van der Waals surface area contributed by atoms with E-state index in [1.54, 1.807) is 0 Å². The maximum atomic E-state index is 5.36. The zero-order chi connectivity index (χ0) is 5.28. The number of ether oxygens (including phenoxy) is 1. The van der Waals surface area contributed by atoms with E-state index in [2.05, 4.69) is 13.8 Å². The lowest BCUT2D eigenvalue weighted by molar-refractivity contribution is 0.0673. The van der Waals surface area contributed by atoms with Gasteiger partial charge < -0.3 is 4.74 Å². The summed E-state index contributed by atoms with van der Waals surface area (Å²) in [4.78, 5) is 0. The molecule has 0 aromatic heterocycles. The van der Waals surface area contributed by atoms with Crippen LogP contribution in [0.2, 0.25) is 0 Å². The third-order valence-electron chi connectivity index (χ3n) is 1.44. The third kappa shape index (κ3) is 1.16. The molecule has 1 rings (SSSR count). The summed E-state index contributed by atoms with van der Waals surface area (Å²) in [6, 6.07) is 0. The molecule has 42 valence electrons. The molecule has 1 heterocycles. The molecule has 1 heteroatoms. The Bertz CT molecular complexity index is 53.2. The van der Waals surface area contributed by atoms with E-state index in [1.165, 1.54) is 12.8 Å². The van der Waals surface area contributed by atoms with Crippen molar-refractivity contribution in [2.45, 2.75) is 38.9 Å². The lowest BCUT2D eigenvalue weighted by Gasteiger charge is -2.01. The number of hydrogen-bond donors (Lipinski definition) is 0. The molecule has 0 bridgehead atoms. The average molecular weight is 100 g/mol. The van der Waals surface area contributed by atoms with Crippen LogP contribution >= 0.6 is 0 Å². The normalized spacial score (nSPS) is 42.0. The highest BCUT2D eigenvalue weighted by molar-refractivity contribution is 4.64. The highest BCUT2D eigenvalue weighted by Crippen LogP contribution is 2.17. The zero-order valence-electron chi connectivity index (χ0n) is 4.98. The van der Waals surface area contributed by atoms with Crippen molar-refractivity contribution in [1.82, 2.24) is 0 Å². The van der Waals surface area contributed by atoms with E-state index < -0.39 is 0 Å². The Balaban J connectivity index is 2.26. The van der Waals surface area contributed by atoms with Crippen LogP contribution in [0, 0.1) is 0 Å². The molecule has 0 aliphatic carbocycles. The Labute approximate surface area is 44.7 Å². The average Bonchev–Trinajstić information content (AvgIpc) is 1.87. The van der Waals surface area contributed by atoms with E-state index >= 15 is 0 Å². The van der Waals surface area contributed by atoms with E-state index in [4.69, 9.17) is 4.74 Å². The molecule has 0 saturated carbocycles. The zero-order valence-corrected chi connectivity index (χ0v) is 4.98. The summed E-state index contributed by atoms with van der Waals surface area (Å²) >= 11 is 0. The van der Waals surface area contributed by atoms with Crippen LogP contribution in [-0.2, 0) is 4.74 Å². The molecule has 1 nitrogen and oxygen atoms in total. The van der Waals surface area contributed by atoms with Crippen LogP contribution in [0.4, 0.5) is 0 Å². The summed E-state index contributed by atoms with van der Waals surface area (Å²) in [5.41, 5.74) is 0. The first kappa shape index (κ1) is 5.10. The van der Waals surface area contributed by atoms with E-state index in [-0.39, 0.29) is 0 Å². The van der Waals surface area contributed by atoms with Crippen molar-refractivity contribution in [2.24, 2.45) is 0 Å². The van der Waals surface area contributed by atoms with Gasteiger partial charge in [0.25, 0.3) is 0 Å². The second-order valence-electron chi connectivity index (χ2n) is 2.33. The van der Waals surface area contributed by atoms with Crippen molar-refractivity contribution in [3.63, 3.8) is 0 Å². The fourth-order valence-electron chi connectivity index (χ4n) is 1.00. The summed E-state index contributed by atoms with van der Waals surface area (Å²) < 4.78 is 5.36. The fourth-order valence-corrected chi connectivity index (χ4v) is 1.00. The number of hydrogen-bond acceptors (Lipinski definition) is 1. The first-order valence-electron chi connectivity index (χ1n) is 2.94. The molecular weight excluding hydrogens is 88.1 g/mol. The minimum atomic E-state index is 0.523. The monoisotopic (exact) mass is 100 g/mol. The topological polar surface area (TPSA) is 9.23 Å². The van der Waals surface area contributed by atoms with Gasteiger partial charge in [-0.15, -0.1) is 0 Å². The van der Waals surface area contributed by atoms with Crippen molar-refractivity contribution in [3.8, 4) is 0 Å². The van der Waals surface area contributed by atoms with Gasteiger partial charge in [-0.05, 0) is 26.7 Å². The van der Waals surface area contributed by atoms with E-state index in [0.29, 0.717) is 12.2 Å². The van der Waals surface area contributed by atoms with Crippen LogP contribution in [0.15, 0.2) is 0 Å². The summed E-state index contributed by atoms with van der Waals surface area (Å²) in [6.07, 6.45) is 3.55. The predicted octanol–water partition coefficient (Wildman–Crippen LogP) is 1.57. The molecule has 1 aliphatic heterocycles. The van der Waals surface area contributed by atoms with Crippen LogP contribution in [0.5, 0.6) is 0 Å². The van der Waals surface area contributed by atoms with Gasteiger partial charge in [-0.2, -0.15) is 0 Å².